The summed E-state index contributed by atoms with van der Waals surface area (Å²) in [6, 6.07) is 17.7. The average molecular weight is 350 g/mol. The molecule has 4 rings (SSSR count). The van der Waals surface area contributed by atoms with Crippen molar-refractivity contribution in [3.8, 4) is 0 Å². The van der Waals surface area contributed by atoms with Crippen LogP contribution in [0.5, 0.6) is 0 Å². The molecular weight excluding hydrogens is 331 g/mol. The second kappa shape index (κ2) is 6.63. The van der Waals surface area contributed by atoms with Crippen molar-refractivity contribution in [2.45, 2.75) is 19.5 Å². The van der Waals surface area contributed by atoms with E-state index in [4.69, 9.17) is 0 Å². The largest absolute Gasteiger partial charge is 0.377 e. The first-order chi connectivity index (χ1) is 12.6. The minimum atomic E-state index is -0.314. The van der Waals surface area contributed by atoms with E-state index in [1.54, 1.807) is 21.7 Å². The molecule has 0 saturated heterocycles. The van der Waals surface area contributed by atoms with Crippen LogP contribution in [0.4, 0.5) is 15.8 Å². The SMILES string of the molecule is CC(Nc1ccccc1)c1cc2n(n1)CCN(c1ccc(F)cc1)C2=O. The molecule has 5 nitrogen and oxygen atoms in total. The number of carbonyl (C=O) groups is 1. The van der Waals surface area contributed by atoms with Crippen LogP contribution in [-0.2, 0) is 6.54 Å². The zero-order chi connectivity index (χ0) is 18.1. The van der Waals surface area contributed by atoms with E-state index in [1.807, 2.05) is 43.3 Å². The van der Waals surface area contributed by atoms with Crippen LogP contribution in [0, 0.1) is 5.82 Å². The fourth-order valence-corrected chi connectivity index (χ4v) is 3.15. The molecule has 1 amide bonds. The summed E-state index contributed by atoms with van der Waals surface area (Å²) in [6.45, 7) is 3.14. The Bertz CT molecular complexity index is 921. The number of aromatic nitrogens is 2. The second-order valence-electron chi connectivity index (χ2n) is 6.34. The average Bonchev–Trinajstić information content (AvgIpc) is 3.09. The Morgan fingerprint density at radius 1 is 1.08 bits per heavy atom. The lowest BCUT2D eigenvalue weighted by atomic mass is 10.2. The Morgan fingerprint density at radius 3 is 2.54 bits per heavy atom. The van der Waals surface area contributed by atoms with Gasteiger partial charge >= 0.3 is 0 Å². The van der Waals surface area contributed by atoms with Crippen molar-refractivity contribution in [2.24, 2.45) is 0 Å². The van der Waals surface area contributed by atoms with Gasteiger partial charge in [-0.25, -0.2) is 4.39 Å². The zero-order valence-electron chi connectivity index (χ0n) is 14.4. The summed E-state index contributed by atoms with van der Waals surface area (Å²) >= 11 is 0. The summed E-state index contributed by atoms with van der Waals surface area (Å²) in [5.41, 5.74) is 3.07. The highest BCUT2D eigenvalue weighted by atomic mass is 19.1. The fourth-order valence-electron chi connectivity index (χ4n) is 3.15. The minimum absolute atomic E-state index is 0.0254. The van der Waals surface area contributed by atoms with Gasteiger partial charge in [-0.05, 0) is 49.4 Å². The number of hydrogen-bond donors (Lipinski definition) is 1. The lowest BCUT2D eigenvalue weighted by molar-refractivity contribution is 0.0962. The number of carbonyl (C=O) groups excluding carboxylic acids is 1. The molecule has 1 aliphatic rings. The van der Waals surface area contributed by atoms with Gasteiger partial charge in [0.1, 0.15) is 11.5 Å². The second-order valence-corrected chi connectivity index (χ2v) is 6.34. The first kappa shape index (κ1) is 16.3. The number of anilines is 2. The van der Waals surface area contributed by atoms with E-state index >= 15 is 0 Å². The van der Waals surface area contributed by atoms with Crippen LogP contribution >= 0.6 is 0 Å². The van der Waals surface area contributed by atoms with Gasteiger partial charge in [0.15, 0.2) is 0 Å². The van der Waals surface area contributed by atoms with E-state index in [-0.39, 0.29) is 17.8 Å². The molecule has 2 heterocycles. The zero-order valence-corrected chi connectivity index (χ0v) is 14.4. The van der Waals surface area contributed by atoms with Crippen molar-refractivity contribution in [1.29, 1.82) is 0 Å². The van der Waals surface area contributed by atoms with Crippen molar-refractivity contribution in [3.05, 3.63) is 77.9 Å². The van der Waals surface area contributed by atoms with Crippen molar-refractivity contribution in [2.75, 3.05) is 16.8 Å². The standard InChI is InChI=1S/C20H19FN4O/c1-14(22-16-5-3-2-4-6-16)18-13-19-20(26)24(11-12-25(19)23-18)17-9-7-15(21)8-10-17/h2-10,13-14,22H,11-12H2,1H3. The molecule has 1 atom stereocenters. The number of nitrogens with one attached hydrogen (secondary N) is 1. The van der Waals surface area contributed by atoms with E-state index in [0.717, 1.165) is 11.4 Å². The normalized spacial score (nSPS) is 14.8. The van der Waals surface area contributed by atoms with Gasteiger partial charge in [0.05, 0.1) is 18.3 Å². The number of benzene rings is 2. The molecule has 0 fully saturated rings. The van der Waals surface area contributed by atoms with Gasteiger partial charge in [-0.15, -0.1) is 0 Å². The summed E-state index contributed by atoms with van der Waals surface area (Å²) in [6.07, 6.45) is 0. The number of amides is 1. The third-order valence-corrected chi connectivity index (χ3v) is 4.54. The fraction of sp³-hybridized carbons (Fsp3) is 0.200. The van der Waals surface area contributed by atoms with E-state index < -0.39 is 0 Å². The minimum Gasteiger partial charge on any atom is -0.377 e. The highest BCUT2D eigenvalue weighted by molar-refractivity contribution is 6.05. The van der Waals surface area contributed by atoms with Crippen molar-refractivity contribution in [1.82, 2.24) is 9.78 Å². The van der Waals surface area contributed by atoms with E-state index in [9.17, 15) is 9.18 Å². The Hall–Kier alpha value is -3.15. The van der Waals surface area contributed by atoms with E-state index in [2.05, 4.69) is 10.4 Å². The van der Waals surface area contributed by atoms with Crippen molar-refractivity contribution >= 4 is 17.3 Å². The predicted octanol–water partition coefficient (Wildman–Crippen LogP) is 3.86. The molecule has 132 valence electrons. The Kier molecular flexibility index (Phi) is 4.16. The maximum atomic E-state index is 13.1. The predicted molar refractivity (Wildman–Crippen MR) is 98.8 cm³/mol. The molecule has 26 heavy (non-hydrogen) atoms. The van der Waals surface area contributed by atoms with Gasteiger partial charge < -0.3 is 10.2 Å². The summed E-state index contributed by atoms with van der Waals surface area (Å²) in [5, 5.41) is 7.98. The quantitative estimate of drug-likeness (QED) is 0.777. The molecule has 3 aromatic rings. The number of nitrogens with zero attached hydrogens (tertiary/aromatic N) is 3. The molecule has 0 saturated carbocycles. The molecule has 0 bridgehead atoms. The van der Waals surface area contributed by atoms with Crippen LogP contribution < -0.4 is 10.2 Å². The molecule has 0 spiro atoms. The summed E-state index contributed by atoms with van der Waals surface area (Å²) < 4.78 is 14.9. The maximum Gasteiger partial charge on any atom is 0.276 e. The molecule has 6 heteroatoms. The van der Waals surface area contributed by atoms with Crippen LogP contribution in [0.3, 0.4) is 0 Å². The first-order valence-corrected chi connectivity index (χ1v) is 8.58. The third kappa shape index (κ3) is 3.06. The number of rotatable bonds is 4. The van der Waals surface area contributed by atoms with Gasteiger partial charge in [-0.2, -0.15) is 5.10 Å². The molecule has 1 N–H and O–H groups in total. The van der Waals surface area contributed by atoms with Crippen LogP contribution in [0.15, 0.2) is 60.7 Å². The molecular formula is C20H19FN4O. The molecule has 1 unspecified atom stereocenters. The molecule has 1 aliphatic heterocycles. The summed E-state index contributed by atoms with van der Waals surface area (Å²) in [7, 11) is 0. The van der Waals surface area contributed by atoms with Gasteiger partial charge in [0.2, 0.25) is 0 Å². The third-order valence-electron chi connectivity index (χ3n) is 4.54. The summed E-state index contributed by atoms with van der Waals surface area (Å²) in [4.78, 5) is 14.5. The smallest absolute Gasteiger partial charge is 0.276 e. The number of fused-ring (bicyclic) bond motifs is 1. The van der Waals surface area contributed by atoms with Gasteiger partial charge in [0, 0.05) is 17.9 Å². The van der Waals surface area contributed by atoms with Crippen LogP contribution in [0.1, 0.15) is 29.1 Å². The maximum absolute atomic E-state index is 13.1. The van der Waals surface area contributed by atoms with E-state index in [1.165, 1.54) is 12.1 Å². The first-order valence-electron chi connectivity index (χ1n) is 8.58. The lowest BCUT2D eigenvalue weighted by Gasteiger charge is -2.27. The topological polar surface area (TPSA) is 50.2 Å². The van der Waals surface area contributed by atoms with Gasteiger partial charge in [-0.1, -0.05) is 18.2 Å². The van der Waals surface area contributed by atoms with Crippen molar-refractivity contribution in [3.63, 3.8) is 0 Å². The Morgan fingerprint density at radius 2 is 1.81 bits per heavy atom. The number of hydrogen-bond acceptors (Lipinski definition) is 3. The molecule has 2 aromatic carbocycles. The lowest BCUT2D eigenvalue weighted by Crippen LogP contribution is -2.40. The van der Waals surface area contributed by atoms with E-state index in [0.29, 0.717) is 24.5 Å². The van der Waals surface area contributed by atoms with Crippen LogP contribution in [0.25, 0.3) is 0 Å². The Labute approximate surface area is 151 Å². The van der Waals surface area contributed by atoms with Crippen molar-refractivity contribution < 1.29 is 9.18 Å². The number of para-hydroxylation sites is 1. The van der Waals surface area contributed by atoms with Gasteiger partial charge in [-0.3, -0.25) is 9.48 Å². The Balaban J connectivity index is 1.56. The highest BCUT2D eigenvalue weighted by Gasteiger charge is 2.28. The molecule has 0 aliphatic carbocycles. The number of halogens is 1. The molecule has 0 radical (unpaired) electrons. The van der Waals surface area contributed by atoms with Crippen LogP contribution in [0.2, 0.25) is 0 Å². The monoisotopic (exact) mass is 350 g/mol. The van der Waals surface area contributed by atoms with Gasteiger partial charge in [0.25, 0.3) is 5.91 Å². The molecule has 1 aromatic heterocycles. The summed E-state index contributed by atoms with van der Waals surface area (Å²) in [5.74, 6) is -0.431. The van der Waals surface area contributed by atoms with Crippen LogP contribution in [-0.4, -0.2) is 22.2 Å². The highest BCUT2D eigenvalue weighted by Crippen LogP contribution is 2.24.